The number of anilines is 1. The fourth-order valence-corrected chi connectivity index (χ4v) is 2.68. The molecule has 0 bridgehead atoms. The molecule has 0 spiro atoms. The maximum absolute atomic E-state index is 12.3. The van der Waals surface area contributed by atoms with Gasteiger partial charge in [-0.25, -0.2) is 4.79 Å². The highest BCUT2D eigenvalue weighted by atomic mass is 16.6. The molecule has 0 radical (unpaired) electrons. The molecule has 0 atom stereocenters. The average molecular weight is 369 g/mol. The number of nitro groups is 1. The van der Waals surface area contributed by atoms with E-state index in [2.05, 4.69) is 10.6 Å². The van der Waals surface area contributed by atoms with Crippen LogP contribution >= 0.6 is 0 Å². The van der Waals surface area contributed by atoms with Gasteiger partial charge in [0, 0.05) is 24.2 Å². The van der Waals surface area contributed by atoms with Gasteiger partial charge in [-0.05, 0) is 49.1 Å². The van der Waals surface area contributed by atoms with Crippen molar-refractivity contribution in [3.63, 3.8) is 0 Å². The Labute approximate surface area is 155 Å². The molecule has 0 aliphatic heterocycles. The molecule has 8 heteroatoms. The molecule has 1 fully saturated rings. The molecule has 2 aromatic carbocycles. The predicted molar refractivity (Wildman–Crippen MR) is 99.2 cm³/mol. The zero-order valence-electron chi connectivity index (χ0n) is 14.5. The molecular formula is C19H19N3O5. The lowest BCUT2D eigenvalue weighted by atomic mass is 10.1. The van der Waals surface area contributed by atoms with Gasteiger partial charge < -0.3 is 15.7 Å². The summed E-state index contributed by atoms with van der Waals surface area (Å²) in [5.41, 5.74) is 1.48. The summed E-state index contributed by atoms with van der Waals surface area (Å²) in [4.78, 5) is 34.0. The zero-order valence-corrected chi connectivity index (χ0v) is 14.5. The first-order valence-electron chi connectivity index (χ1n) is 8.59. The first kappa shape index (κ1) is 18.4. The Morgan fingerprint density at radius 3 is 2.59 bits per heavy atom. The lowest BCUT2D eigenvalue weighted by Gasteiger charge is -2.09. The molecular weight excluding hydrogens is 350 g/mol. The highest BCUT2D eigenvalue weighted by Gasteiger charge is 2.25. The third-order valence-electron chi connectivity index (χ3n) is 4.27. The van der Waals surface area contributed by atoms with Crippen LogP contribution in [0.15, 0.2) is 42.5 Å². The van der Waals surface area contributed by atoms with E-state index < -0.39 is 16.8 Å². The fourth-order valence-electron chi connectivity index (χ4n) is 2.68. The summed E-state index contributed by atoms with van der Waals surface area (Å²) in [5, 5.41) is 26.1. The van der Waals surface area contributed by atoms with Gasteiger partial charge in [-0.3, -0.25) is 14.9 Å². The van der Waals surface area contributed by atoms with Crippen LogP contribution in [0, 0.1) is 10.1 Å². The van der Waals surface area contributed by atoms with E-state index in [9.17, 15) is 19.7 Å². The standard InChI is InChI=1S/C19H19N3O5/c23-18(20-9-8-12-2-1-3-14(10-12)19(24)25)13-4-7-16(21-15-5-6-15)17(11-13)22(26)27/h1-4,7,10-11,15,21H,5-6,8-9H2,(H,20,23)(H,24,25). The summed E-state index contributed by atoms with van der Waals surface area (Å²) < 4.78 is 0. The van der Waals surface area contributed by atoms with E-state index in [-0.39, 0.29) is 29.4 Å². The number of hydrogen-bond donors (Lipinski definition) is 3. The monoisotopic (exact) mass is 369 g/mol. The first-order chi connectivity index (χ1) is 12.9. The van der Waals surface area contributed by atoms with Crippen molar-refractivity contribution >= 4 is 23.3 Å². The van der Waals surface area contributed by atoms with Gasteiger partial charge in [-0.1, -0.05) is 12.1 Å². The number of carboxylic acid groups (broad SMARTS) is 1. The van der Waals surface area contributed by atoms with E-state index in [4.69, 9.17) is 5.11 Å². The van der Waals surface area contributed by atoms with Gasteiger partial charge >= 0.3 is 5.97 Å². The normalized spacial score (nSPS) is 13.0. The lowest BCUT2D eigenvalue weighted by molar-refractivity contribution is -0.384. The summed E-state index contributed by atoms with van der Waals surface area (Å²) in [6, 6.07) is 11.1. The second kappa shape index (κ2) is 7.86. The van der Waals surface area contributed by atoms with Crippen molar-refractivity contribution in [3.05, 3.63) is 69.3 Å². The number of hydrogen-bond acceptors (Lipinski definition) is 5. The minimum Gasteiger partial charge on any atom is -0.478 e. The van der Waals surface area contributed by atoms with Crippen LogP contribution in [0.2, 0.25) is 0 Å². The van der Waals surface area contributed by atoms with Gasteiger partial charge in [-0.15, -0.1) is 0 Å². The Kier molecular flexibility index (Phi) is 5.35. The first-order valence-corrected chi connectivity index (χ1v) is 8.59. The third kappa shape index (κ3) is 4.81. The molecule has 1 saturated carbocycles. The molecule has 140 valence electrons. The van der Waals surface area contributed by atoms with Gasteiger partial charge in [0.2, 0.25) is 0 Å². The van der Waals surface area contributed by atoms with E-state index >= 15 is 0 Å². The van der Waals surface area contributed by atoms with Gasteiger partial charge in [0.1, 0.15) is 5.69 Å². The zero-order chi connectivity index (χ0) is 19.4. The van der Waals surface area contributed by atoms with Crippen molar-refractivity contribution in [1.82, 2.24) is 5.32 Å². The molecule has 1 aliphatic rings. The number of carbonyl (C=O) groups excluding carboxylic acids is 1. The highest BCUT2D eigenvalue weighted by molar-refractivity contribution is 5.95. The molecule has 27 heavy (non-hydrogen) atoms. The Morgan fingerprint density at radius 2 is 1.93 bits per heavy atom. The van der Waals surface area contributed by atoms with Crippen molar-refractivity contribution in [2.75, 3.05) is 11.9 Å². The Hall–Kier alpha value is -3.42. The molecule has 0 aromatic heterocycles. The fraction of sp³-hybridized carbons (Fsp3) is 0.263. The molecule has 3 rings (SSSR count). The molecule has 0 saturated heterocycles. The number of amides is 1. The maximum Gasteiger partial charge on any atom is 0.335 e. The van der Waals surface area contributed by atoms with Crippen molar-refractivity contribution in [2.45, 2.75) is 25.3 Å². The lowest BCUT2D eigenvalue weighted by Crippen LogP contribution is -2.25. The van der Waals surface area contributed by atoms with Crippen LogP contribution in [-0.2, 0) is 6.42 Å². The van der Waals surface area contributed by atoms with Crippen molar-refractivity contribution in [3.8, 4) is 0 Å². The van der Waals surface area contributed by atoms with Gasteiger partial charge in [0.15, 0.2) is 0 Å². The SMILES string of the molecule is O=C(O)c1cccc(CCNC(=O)c2ccc(NC3CC3)c([N+](=O)[O-])c2)c1. The van der Waals surface area contributed by atoms with Crippen LogP contribution in [0.4, 0.5) is 11.4 Å². The van der Waals surface area contributed by atoms with Gasteiger partial charge in [0.25, 0.3) is 11.6 Å². The Morgan fingerprint density at radius 1 is 1.15 bits per heavy atom. The average Bonchev–Trinajstić information content (AvgIpc) is 3.46. The maximum atomic E-state index is 12.3. The Bertz CT molecular complexity index is 893. The number of nitro benzene ring substituents is 1. The van der Waals surface area contributed by atoms with E-state index in [1.54, 1.807) is 30.3 Å². The minimum atomic E-state index is -1.01. The smallest absolute Gasteiger partial charge is 0.335 e. The molecule has 0 unspecified atom stereocenters. The summed E-state index contributed by atoms with van der Waals surface area (Å²) in [7, 11) is 0. The topological polar surface area (TPSA) is 122 Å². The van der Waals surface area contributed by atoms with E-state index in [0.29, 0.717) is 12.1 Å². The van der Waals surface area contributed by atoms with Gasteiger partial charge in [-0.2, -0.15) is 0 Å². The van der Waals surface area contributed by atoms with E-state index in [1.165, 1.54) is 12.1 Å². The van der Waals surface area contributed by atoms with Crippen molar-refractivity contribution in [2.24, 2.45) is 0 Å². The largest absolute Gasteiger partial charge is 0.478 e. The minimum absolute atomic E-state index is 0.122. The molecule has 3 N–H and O–H groups in total. The van der Waals surface area contributed by atoms with Crippen LogP contribution in [0.1, 0.15) is 39.1 Å². The third-order valence-corrected chi connectivity index (χ3v) is 4.27. The van der Waals surface area contributed by atoms with E-state index in [1.807, 2.05) is 0 Å². The second-order valence-electron chi connectivity index (χ2n) is 6.42. The number of nitrogens with zero attached hydrogens (tertiary/aromatic N) is 1. The summed E-state index contributed by atoms with van der Waals surface area (Å²) >= 11 is 0. The van der Waals surface area contributed by atoms with Crippen molar-refractivity contribution < 1.29 is 19.6 Å². The molecule has 1 amide bonds. The second-order valence-corrected chi connectivity index (χ2v) is 6.42. The number of aromatic carboxylic acids is 1. The highest BCUT2D eigenvalue weighted by Crippen LogP contribution is 2.31. The molecule has 8 nitrogen and oxygen atoms in total. The number of nitrogens with one attached hydrogen (secondary N) is 2. The number of rotatable bonds is 8. The summed E-state index contributed by atoms with van der Waals surface area (Å²) in [6.45, 7) is 0.289. The number of carboxylic acids is 1. The van der Waals surface area contributed by atoms with Crippen molar-refractivity contribution in [1.29, 1.82) is 0 Å². The predicted octanol–water partition coefficient (Wildman–Crippen LogP) is 2.84. The number of benzene rings is 2. The Balaban J connectivity index is 1.62. The van der Waals surface area contributed by atoms with E-state index in [0.717, 1.165) is 18.4 Å². The summed E-state index contributed by atoms with van der Waals surface area (Å²) in [5.74, 6) is -1.42. The number of carbonyl (C=O) groups is 2. The van der Waals surface area contributed by atoms with Crippen LogP contribution < -0.4 is 10.6 Å². The van der Waals surface area contributed by atoms with Crippen LogP contribution in [-0.4, -0.2) is 34.5 Å². The molecule has 0 heterocycles. The van der Waals surface area contributed by atoms with Gasteiger partial charge in [0.05, 0.1) is 10.5 Å². The quantitative estimate of drug-likeness (QED) is 0.486. The molecule has 2 aromatic rings. The van der Waals surface area contributed by atoms with Crippen LogP contribution in [0.5, 0.6) is 0 Å². The summed E-state index contributed by atoms with van der Waals surface area (Å²) in [6.07, 6.45) is 2.43. The van der Waals surface area contributed by atoms with Crippen LogP contribution in [0.25, 0.3) is 0 Å². The molecule has 1 aliphatic carbocycles. The van der Waals surface area contributed by atoms with Crippen LogP contribution in [0.3, 0.4) is 0 Å².